The van der Waals surface area contributed by atoms with Gasteiger partial charge >= 0.3 is 0 Å². The molecule has 3 nitrogen and oxygen atoms in total. The second kappa shape index (κ2) is 5.19. The number of rotatable bonds is 2. The molecule has 2 aromatic rings. The van der Waals surface area contributed by atoms with Gasteiger partial charge in [0.05, 0.1) is 22.0 Å². The average molecular weight is 315 g/mol. The molecule has 2 rings (SSSR count). The molecule has 0 N–H and O–H groups in total. The lowest BCUT2D eigenvalue weighted by atomic mass is 9.90. The van der Waals surface area contributed by atoms with Crippen molar-refractivity contribution in [1.29, 1.82) is 0 Å². The minimum absolute atomic E-state index is 0.0173. The summed E-state index contributed by atoms with van der Waals surface area (Å²) in [6.07, 6.45) is 0.665. The number of benzene rings is 1. The summed E-state index contributed by atoms with van der Waals surface area (Å²) in [5.41, 5.74) is 0.939. The minimum Gasteiger partial charge on any atom is -0.298 e. The lowest BCUT2D eigenvalue weighted by Crippen LogP contribution is -2.14. The van der Waals surface area contributed by atoms with Crippen molar-refractivity contribution in [2.24, 2.45) is 0 Å². The Balaban J connectivity index is 2.66. The van der Waals surface area contributed by atoms with Crippen molar-refractivity contribution in [2.45, 2.75) is 26.2 Å². The maximum atomic E-state index is 13.5. The lowest BCUT2D eigenvalue weighted by molar-refractivity contribution is 0.112. The number of hydrogen-bond acceptors (Lipinski definition) is 2. The van der Waals surface area contributed by atoms with Crippen LogP contribution >= 0.6 is 23.2 Å². The molecule has 0 fully saturated rings. The molecule has 0 spiro atoms. The van der Waals surface area contributed by atoms with E-state index < -0.39 is 5.82 Å². The largest absolute Gasteiger partial charge is 0.298 e. The Labute approximate surface area is 126 Å². The fraction of sp³-hybridized carbons (Fsp3) is 0.286. The molecule has 1 heterocycles. The van der Waals surface area contributed by atoms with E-state index in [1.807, 2.05) is 20.8 Å². The maximum Gasteiger partial charge on any atom is 0.155 e. The third kappa shape index (κ3) is 2.58. The van der Waals surface area contributed by atoms with Crippen molar-refractivity contribution in [3.05, 3.63) is 45.4 Å². The van der Waals surface area contributed by atoms with Crippen LogP contribution in [0.15, 0.2) is 18.2 Å². The molecule has 0 aliphatic heterocycles. The molecular formula is C14H13Cl2FN2O. The average Bonchev–Trinajstić information content (AvgIpc) is 2.69. The zero-order valence-electron chi connectivity index (χ0n) is 11.2. The second-order valence-corrected chi connectivity index (χ2v) is 6.20. The second-order valence-electron chi connectivity index (χ2n) is 5.43. The number of hydrogen-bond donors (Lipinski definition) is 0. The van der Waals surface area contributed by atoms with Gasteiger partial charge in [-0.2, -0.15) is 5.10 Å². The summed E-state index contributed by atoms with van der Waals surface area (Å²) >= 11 is 11.8. The van der Waals surface area contributed by atoms with Gasteiger partial charge in [0.15, 0.2) is 6.29 Å². The zero-order chi connectivity index (χ0) is 15.1. The third-order valence-corrected chi connectivity index (χ3v) is 3.51. The Morgan fingerprint density at radius 2 is 1.95 bits per heavy atom. The van der Waals surface area contributed by atoms with Gasteiger partial charge in [0.1, 0.15) is 11.0 Å². The summed E-state index contributed by atoms with van der Waals surface area (Å²) < 4.78 is 14.9. The summed E-state index contributed by atoms with van der Waals surface area (Å²) in [6, 6.07) is 4.23. The van der Waals surface area contributed by atoms with E-state index in [0.717, 1.165) is 0 Å². The van der Waals surface area contributed by atoms with Crippen LogP contribution in [0.5, 0.6) is 0 Å². The maximum absolute atomic E-state index is 13.5. The van der Waals surface area contributed by atoms with Crippen molar-refractivity contribution in [3.63, 3.8) is 0 Å². The van der Waals surface area contributed by atoms with E-state index in [1.165, 1.54) is 16.8 Å². The van der Waals surface area contributed by atoms with Crippen molar-refractivity contribution >= 4 is 29.5 Å². The van der Waals surface area contributed by atoms with Gasteiger partial charge in [-0.1, -0.05) is 44.0 Å². The molecule has 0 saturated carbocycles. The minimum atomic E-state index is -0.569. The Morgan fingerprint density at radius 1 is 1.30 bits per heavy atom. The van der Waals surface area contributed by atoms with Crippen molar-refractivity contribution < 1.29 is 9.18 Å². The topological polar surface area (TPSA) is 34.9 Å². The Morgan fingerprint density at radius 3 is 2.40 bits per heavy atom. The molecule has 0 unspecified atom stereocenters. The van der Waals surface area contributed by atoms with E-state index in [2.05, 4.69) is 5.10 Å². The number of nitrogens with zero attached hydrogens (tertiary/aromatic N) is 2. The third-order valence-electron chi connectivity index (χ3n) is 2.84. The van der Waals surface area contributed by atoms with Crippen LogP contribution in [-0.2, 0) is 5.41 Å². The standard InChI is InChI=1S/C14H13Cl2FN2O/c1-14(2,3)12-9(7-20)13(16)19(18-12)8-4-5-10(15)11(17)6-8/h4-7H,1-3H3. The van der Waals surface area contributed by atoms with Crippen LogP contribution in [0.2, 0.25) is 10.2 Å². The highest BCUT2D eigenvalue weighted by Gasteiger charge is 2.26. The van der Waals surface area contributed by atoms with Crippen molar-refractivity contribution in [3.8, 4) is 5.69 Å². The van der Waals surface area contributed by atoms with E-state index in [-0.39, 0.29) is 15.6 Å². The molecule has 106 valence electrons. The molecule has 0 saturated heterocycles. The first kappa shape index (κ1) is 15.0. The van der Waals surface area contributed by atoms with E-state index >= 15 is 0 Å². The van der Waals surface area contributed by atoms with Gasteiger partial charge in [0.25, 0.3) is 0 Å². The first-order valence-corrected chi connectivity index (χ1v) is 6.71. The summed E-state index contributed by atoms with van der Waals surface area (Å²) in [5, 5.41) is 4.51. The highest BCUT2D eigenvalue weighted by Crippen LogP contribution is 2.31. The first-order chi connectivity index (χ1) is 9.25. The van der Waals surface area contributed by atoms with E-state index in [4.69, 9.17) is 23.2 Å². The number of aldehydes is 1. The SMILES string of the molecule is CC(C)(C)c1nn(-c2ccc(Cl)c(F)c2)c(Cl)c1C=O. The molecule has 0 amide bonds. The molecule has 1 aromatic heterocycles. The predicted octanol–water partition coefficient (Wildman–Crippen LogP) is 4.43. The number of carbonyl (C=O) groups excluding carboxylic acids is 1. The Bertz CT molecular complexity index is 675. The molecule has 0 bridgehead atoms. The summed E-state index contributed by atoms with van der Waals surface area (Å²) in [4.78, 5) is 11.2. The normalized spacial score (nSPS) is 11.7. The van der Waals surface area contributed by atoms with E-state index in [1.54, 1.807) is 6.07 Å². The van der Waals surface area contributed by atoms with E-state index in [0.29, 0.717) is 23.2 Å². The van der Waals surface area contributed by atoms with Crippen LogP contribution in [-0.4, -0.2) is 16.1 Å². The molecule has 0 radical (unpaired) electrons. The lowest BCUT2D eigenvalue weighted by Gasteiger charge is -2.15. The zero-order valence-corrected chi connectivity index (χ0v) is 12.8. The number of carbonyl (C=O) groups is 1. The van der Waals surface area contributed by atoms with Crippen LogP contribution < -0.4 is 0 Å². The van der Waals surface area contributed by atoms with Crippen LogP contribution in [0.3, 0.4) is 0 Å². The molecule has 1 aromatic carbocycles. The number of halogens is 3. The van der Waals surface area contributed by atoms with Gasteiger partial charge < -0.3 is 0 Å². The number of aromatic nitrogens is 2. The first-order valence-electron chi connectivity index (χ1n) is 5.95. The van der Waals surface area contributed by atoms with Crippen LogP contribution in [0.4, 0.5) is 4.39 Å². The fourth-order valence-electron chi connectivity index (χ4n) is 1.86. The Kier molecular flexibility index (Phi) is 3.89. The Hall–Kier alpha value is -1.39. The summed E-state index contributed by atoms with van der Waals surface area (Å²) in [7, 11) is 0. The molecule has 0 aliphatic rings. The molecule has 6 heteroatoms. The van der Waals surface area contributed by atoms with Gasteiger partial charge in [-0.05, 0) is 12.1 Å². The predicted molar refractivity (Wildman–Crippen MR) is 77.6 cm³/mol. The van der Waals surface area contributed by atoms with Gasteiger partial charge in [-0.15, -0.1) is 0 Å². The highest BCUT2D eigenvalue weighted by molar-refractivity contribution is 6.32. The van der Waals surface area contributed by atoms with Gasteiger partial charge in [0.2, 0.25) is 0 Å². The molecule has 0 atom stereocenters. The van der Waals surface area contributed by atoms with Crippen LogP contribution in [0.25, 0.3) is 5.69 Å². The molecule has 0 aliphatic carbocycles. The van der Waals surface area contributed by atoms with Crippen molar-refractivity contribution in [2.75, 3.05) is 0 Å². The van der Waals surface area contributed by atoms with Crippen molar-refractivity contribution in [1.82, 2.24) is 9.78 Å². The quantitative estimate of drug-likeness (QED) is 0.769. The van der Waals surface area contributed by atoms with Crippen LogP contribution in [0, 0.1) is 5.82 Å². The fourth-order valence-corrected chi connectivity index (χ4v) is 2.24. The molecule has 20 heavy (non-hydrogen) atoms. The van der Waals surface area contributed by atoms with Crippen LogP contribution in [0.1, 0.15) is 36.8 Å². The summed E-state index contributed by atoms with van der Waals surface area (Å²) in [6.45, 7) is 5.77. The van der Waals surface area contributed by atoms with E-state index in [9.17, 15) is 9.18 Å². The smallest absolute Gasteiger partial charge is 0.155 e. The van der Waals surface area contributed by atoms with Gasteiger partial charge in [-0.3, -0.25) is 4.79 Å². The highest BCUT2D eigenvalue weighted by atomic mass is 35.5. The van der Waals surface area contributed by atoms with Gasteiger partial charge in [-0.25, -0.2) is 9.07 Å². The summed E-state index contributed by atoms with van der Waals surface area (Å²) in [5.74, 6) is -0.569. The monoisotopic (exact) mass is 314 g/mol. The molecular weight excluding hydrogens is 302 g/mol. The van der Waals surface area contributed by atoms with Gasteiger partial charge in [0, 0.05) is 11.5 Å².